The summed E-state index contributed by atoms with van der Waals surface area (Å²) in [5.41, 5.74) is 8.82. The summed E-state index contributed by atoms with van der Waals surface area (Å²) in [5, 5.41) is 16.6. The van der Waals surface area contributed by atoms with Gasteiger partial charge in [-0.05, 0) is 66.3 Å². The number of tetrazole rings is 1. The van der Waals surface area contributed by atoms with Crippen LogP contribution >= 0.6 is 0 Å². The third-order valence-corrected chi connectivity index (χ3v) is 8.08. The topological polar surface area (TPSA) is 132 Å². The third-order valence-electron chi connectivity index (χ3n) is 8.08. The predicted octanol–water partition coefficient (Wildman–Crippen LogP) is 5.96. The molecule has 2 aliphatic rings. The van der Waals surface area contributed by atoms with Crippen LogP contribution in [-0.2, 0) is 25.4 Å². The highest BCUT2D eigenvalue weighted by Crippen LogP contribution is 2.32. The van der Waals surface area contributed by atoms with Gasteiger partial charge in [0.05, 0.1) is 11.6 Å². The first kappa shape index (κ1) is 31.2. The molecule has 2 heterocycles. The van der Waals surface area contributed by atoms with Gasteiger partial charge in [0, 0.05) is 24.7 Å². The molecule has 0 radical (unpaired) electrons. The fraction of sp³-hybridized carbons (Fsp3) is 0.485. The lowest BCUT2D eigenvalue weighted by Crippen LogP contribution is -2.42. The molecule has 0 saturated heterocycles. The summed E-state index contributed by atoms with van der Waals surface area (Å²) < 4.78 is 16.5. The molecule has 11 nitrogen and oxygen atoms in total. The Morgan fingerprint density at radius 3 is 2.36 bits per heavy atom. The Hall–Kier alpha value is -4.25. The number of aromatic amines is 1. The molecule has 2 atom stereocenters. The fourth-order valence-electron chi connectivity index (χ4n) is 5.95. The largest absolute Gasteiger partial charge is 0.511 e. The zero-order valence-corrected chi connectivity index (χ0v) is 25.9. The van der Waals surface area contributed by atoms with Crippen LogP contribution in [0.3, 0.4) is 0 Å². The van der Waals surface area contributed by atoms with Gasteiger partial charge >= 0.3 is 12.1 Å². The summed E-state index contributed by atoms with van der Waals surface area (Å²) in [4.78, 5) is 26.1. The molecule has 0 bridgehead atoms. The second-order valence-electron chi connectivity index (χ2n) is 11.7. The van der Waals surface area contributed by atoms with Crippen LogP contribution in [0.15, 0.2) is 59.8 Å². The van der Waals surface area contributed by atoms with Crippen LogP contribution in [-0.4, -0.2) is 62.7 Å². The van der Waals surface area contributed by atoms with Crippen molar-refractivity contribution in [3.63, 3.8) is 0 Å². The lowest BCUT2D eigenvalue weighted by Gasteiger charge is -2.26. The second-order valence-corrected chi connectivity index (χ2v) is 11.7. The van der Waals surface area contributed by atoms with Gasteiger partial charge in [0.2, 0.25) is 12.1 Å². The number of rotatable bonds is 11. The molecule has 2 N–H and O–H groups in total. The Bertz CT molecular complexity index is 1430. The Morgan fingerprint density at radius 2 is 1.70 bits per heavy atom. The van der Waals surface area contributed by atoms with E-state index in [1.165, 1.54) is 0 Å². The number of carbonyl (C=O) groups excluding carboxylic acids is 2. The molecule has 5 rings (SSSR count). The van der Waals surface area contributed by atoms with Crippen molar-refractivity contribution in [1.29, 1.82) is 0 Å². The molecule has 0 amide bonds. The van der Waals surface area contributed by atoms with Crippen molar-refractivity contribution in [1.82, 2.24) is 31.1 Å². The number of nitrogens with zero attached hydrogens (tertiary/aromatic N) is 4. The van der Waals surface area contributed by atoms with Crippen molar-refractivity contribution in [3.8, 4) is 22.5 Å². The van der Waals surface area contributed by atoms with Crippen molar-refractivity contribution in [2.75, 3.05) is 6.54 Å². The Labute approximate surface area is 258 Å². The van der Waals surface area contributed by atoms with E-state index in [2.05, 4.69) is 62.2 Å². The Balaban J connectivity index is 1.31. The number of allylic oxidation sites excluding steroid dienone is 1. The number of aromatic nitrogens is 4. The molecule has 234 valence electrons. The van der Waals surface area contributed by atoms with Crippen molar-refractivity contribution in [2.24, 2.45) is 5.92 Å². The van der Waals surface area contributed by atoms with Gasteiger partial charge in [-0.25, -0.2) is 14.6 Å². The highest BCUT2D eigenvalue weighted by Gasteiger charge is 2.39. The first-order valence-electron chi connectivity index (χ1n) is 15.6. The van der Waals surface area contributed by atoms with Crippen LogP contribution < -0.4 is 5.43 Å². The second kappa shape index (κ2) is 14.5. The van der Waals surface area contributed by atoms with E-state index in [1.54, 1.807) is 6.92 Å². The zero-order valence-electron chi connectivity index (χ0n) is 25.9. The van der Waals surface area contributed by atoms with E-state index in [1.807, 2.05) is 38.1 Å². The number of hydrogen-bond acceptors (Lipinski definition) is 10. The number of carbonyl (C=O) groups is 2. The van der Waals surface area contributed by atoms with Gasteiger partial charge in [-0.3, -0.25) is 0 Å². The smallest absolute Gasteiger partial charge is 0.431 e. The van der Waals surface area contributed by atoms with Crippen LogP contribution in [0.2, 0.25) is 0 Å². The van der Waals surface area contributed by atoms with E-state index in [-0.39, 0.29) is 18.1 Å². The van der Waals surface area contributed by atoms with Crippen LogP contribution in [0.5, 0.6) is 0 Å². The molecule has 1 aromatic heterocycles. The molecule has 1 saturated carbocycles. The van der Waals surface area contributed by atoms with Gasteiger partial charge in [-0.15, -0.1) is 10.2 Å². The van der Waals surface area contributed by atoms with Crippen molar-refractivity contribution in [3.05, 3.63) is 65.4 Å². The summed E-state index contributed by atoms with van der Waals surface area (Å²) in [5.74, 6) is 0.0821. The minimum atomic E-state index is -1.08. The van der Waals surface area contributed by atoms with Crippen molar-refractivity contribution < 1.29 is 23.8 Å². The quantitative estimate of drug-likeness (QED) is 0.200. The third kappa shape index (κ3) is 7.45. The summed E-state index contributed by atoms with van der Waals surface area (Å²) in [6, 6.07) is 16.0. The summed E-state index contributed by atoms with van der Waals surface area (Å²) in [6.45, 7) is 8.47. The van der Waals surface area contributed by atoms with Crippen LogP contribution in [0.25, 0.3) is 22.5 Å². The Morgan fingerprint density at radius 1 is 0.977 bits per heavy atom. The van der Waals surface area contributed by atoms with Gasteiger partial charge in [-0.1, -0.05) is 75.7 Å². The van der Waals surface area contributed by atoms with E-state index in [0.717, 1.165) is 73.0 Å². The molecule has 44 heavy (non-hydrogen) atoms. The maximum absolute atomic E-state index is 13.7. The zero-order chi connectivity index (χ0) is 31.1. The lowest BCUT2D eigenvalue weighted by atomic mass is 9.93. The molecule has 1 aliphatic heterocycles. The number of H-pyrrole nitrogens is 1. The molecule has 1 aliphatic carbocycles. The maximum atomic E-state index is 13.7. The van der Waals surface area contributed by atoms with Crippen molar-refractivity contribution >= 4 is 12.1 Å². The van der Waals surface area contributed by atoms with Crippen LogP contribution in [0, 0.1) is 5.92 Å². The average Bonchev–Trinajstić information content (AvgIpc) is 3.67. The first-order valence-corrected chi connectivity index (χ1v) is 15.6. The summed E-state index contributed by atoms with van der Waals surface area (Å²) >= 11 is 0. The van der Waals surface area contributed by atoms with Gasteiger partial charge in [0.15, 0.2) is 0 Å². The maximum Gasteiger partial charge on any atom is 0.511 e. The van der Waals surface area contributed by atoms with Gasteiger partial charge < -0.3 is 19.6 Å². The predicted molar refractivity (Wildman–Crippen MR) is 165 cm³/mol. The monoisotopic (exact) mass is 602 g/mol. The number of nitrogens with one attached hydrogen (secondary N) is 2. The van der Waals surface area contributed by atoms with Crippen LogP contribution in [0.4, 0.5) is 4.79 Å². The number of hydrazine groups is 1. The Kier molecular flexibility index (Phi) is 10.3. The normalized spacial score (nSPS) is 18.2. The van der Waals surface area contributed by atoms with E-state index in [4.69, 9.17) is 14.2 Å². The highest BCUT2D eigenvalue weighted by molar-refractivity contribution is 5.91. The van der Waals surface area contributed by atoms with Crippen molar-refractivity contribution in [2.45, 2.75) is 91.1 Å². The molecule has 2 aromatic carbocycles. The molecule has 3 aromatic rings. The van der Waals surface area contributed by atoms with E-state index < -0.39 is 18.4 Å². The van der Waals surface area contributed by atoms with E-state index in [0.29, 0.717) is 17.8 Å². The molecule has 11 heteroatoms. The number of esters is 1. The van der Waals surface area contributed by atoms with Gasteiger partial charge in [-0.2, -0.15) is 5.21 Å². The molecule has 2 unspecified atom stereocenters. The minimum absolute atomic E-state index is 0.0541. The number of benzene rings is 2. The average molecular weight is 603 g/mol. The van der Waals surface area contributed by atoms with Crippen LogP contribution in [0.1, 0.15) is 71.8 Å². The molecular weight excluding hydrogens is 560 g/mol. The number of hydrogen-bond donors (Lipinski definition) is 2. The summed E-state index contributed by atoms with van der Waals surface area (Å²) in [7, 11) is 0. The molecular formula is C33H42N6O5. The van der Waals surface area contributed by atoms with Gasteiger partial charge in [0.25, 0.3) is 0 Å². The molecule has 1 fully saturated rings. The van der Waals surface area contributed by atoms with E-state index >= 15 is 0 Å². The molecule has 0 spiro atoms. The standard InChI is InChI=1S/C33H42N6O5/c1-5-19-39-28(20-23-15-17-24(18-16-23)26-13-9-10-14-27(26)31-34-37-38-35-31)29(30(36-39)21(2)3)32(40)42-22(4)43-33(41)44-25-11-7-6-8-12-25/h9-10,13-18,21-22,25,28,36H,5-8,11-12,19-20H2,1-4H3,(H,34,35,37,38). The SMILES string of the molecule is CCCN1NC(C(C)C)=C(C(=O)OC(C)OC(=O)OC2CCCCC2)C1Cc1ccc(-c2ccccc2-c2nn[nH]n2)cc1. The van der Waals surface area contributed by atoms with E-state index in [9.17, 15) is 9.59 Å². The fourth-order valence-corrected chi connectivity index (χ4v) is 5.95. The van der Waals surface area contributed by atoms with Gasteiger partial charge in [0.1, 0.15) is 6.10 Å². The number of ether oxygens (including phenoxy) is 3. The minimum Gasteiger partial charge on any atom is -0.431 e. The first-order chi connectivity index (χ1) is 21.3. The summed E-state index contributed by atoms with van der Waals surface area (Å²) in [6.07, 6.45) is 4.35. The lowest BCUT2D eigenvalue weighted by molar-refractivity contribution is -0.165. The highest BCUT2D eigenvalue weighted by atomic mass is 16.8.